The molecule has 0 radical (unpaired) electrons. The Morgan fingerprint density at radius 3 is 3.09 bits per heavy atom. The minimum atomic E-state index is 0.635. The lowest BCUT2D eigenvalue weighted by Crippen LogP contribution is -2.48. The van der Waals surface area contributed by atoms with Crippen LogP contribution in [0.25, 0.3) is 0 Å². The number of ether oxygens (including phenoxy) is 1. The first kappa shape index (κ1) is 15.5. The zero-order chi connectivity index (χ0) is 15.2. The summed E-state index contributed by atoms with van der Waals surface area (Å²) in [7, 11) is 0. The van der Waals surface area contributed by atoms with Gasteiger partial charge in [0.1, 0.15) is 0 Å². The summed E-state index contributed by atoms with van der Waals surface area (Å²) in [6, 6.07) is 2.62. The zero-order valence-corrected chi connectivity index (χ0v) is 13.6. The van der Waals surface area contributed by atoms with E-state index in [2.05, 4.69) is 20.2 Å². The van der Waals surface area contributed by atoms with E-state index < -0.39 is 0 Å². The van der Waals surface area contributed by atoms with Gasteiger partial charge in [-0.05, 0) is 58.0 Å². The third-order valence-corrected chi connectivity index (χ3v) is 4.95. The molecule has 0 aliphatic carbocycles. The fourth-order valence-electron chi connectivity index (χ4n) is 3.94. The Morgan fingerprint density at radius 2 is 2.18 bits per heavy atom. The van der Waals surface area contributed by atoms with Crippen molar-refractivity contribution >= 4 is 5.95 Å². The summed E-state index contributed by atoms with van der Waals surface area (Å²) < 4.78 is 5.42. The number of nitrogens with one attached hydrogen (secondary N) is 1. The van der Waals surface area contributed by atoms with E-state index >= 15 is 0 Å². The van der Waals surface area contributed by atoms with E-state index in [0.29, 0.717) is 18.4 Å². The molecule has 3 heterocycles. The van der Waals surface area contributed by atoms with Gasteiger partial charge in [-0.3, -0.25) is 0 Å². The van der Waals surface area contributed by atoms with E-state index in [1.807, 2.05) is 6.92 Å². The molecular formula is C17H28N4O. The van der Waals surface area contributed by atoms with Gasteiger partial charge in [0.05, 0.1) is 6.61 Å². The number of anilines is 1. The molecule has 5 nitrogen and oxygen atoms in total. The summed E-state index contributed by atoms with van der Waals surface area (Å²) in [6.07, 6.45) is 9.89. The molecule has 0 unspecified atom stereocenters. The van der Waals surface area contributed by atoms with Crippen LogP contribution in [0.2, 0.25) is 0 Å². The van der Waals surface area contributed by atoms with Crippen molar-refractivity contribution in [1.29, 1.82) is 0 Å². The first-order chi connectivity index (χ1) is 10.9. The number of hydrogen-bond acceptors (Lipinski definition) is 5. The molecule has 122 valence electrons. The van der Waals surface area contributed by atoms with Crippen LogP contribution in [-0.4, -0.2) is 47.2 Å². The van der Waals surface area contributed by atoms with Crippen LogP contribution in [0.3, 0.4) is 0 Å². The van der Waals surface area contributed by atoms with Crippen molar-refractivity contribution in [1.82, 2.24) is 14.9 Å². The lowest BCUT2D eigenvalue weighted by molar-refractivity contribution is 0.0573. The number of aromatic nitrogens is 2. The normalized spacial score (nSPS) is 25.5. The van der Waals surface area contributed by atoms with Crippen LogP contribution in [0.5, 0.6) is 5.88 Å². The number of rotatable bonds is 6. The Bertz CT molecular complexity index is 466. The average Bonchev–Trinajstić information content (AvgIpc) is 2.56. The molecule has 1 aromatic heterocycles. The van der Waals surface area contributed by atoms with Crippen molar-refractivity contribution in [2.45, 2.75) is 51.5 Å². The second-order valence-electron chi connectivity index (χ2n) is 6.37. The molecule has 1 N–H and O–H groups in total. The van der Waals surface area contributed by atoms with Crippen molar-refractivity contribution in [2.75, 3.05) is 31.6 Å². The molecule has 0 amide bonds. The molecule has 2 aliphatic heterocycles. The summed E-state index contributed by atoms with van der Waals surface area (Å²) in [5.41, 5.74) is 0. The van der Waals surface area contributed by atoms with Crippen LogP contribution in [0.15, 0.2) is 12.3 Å². The summed E-state index contributed by atoms with van der Waals surface area (Å²) in [6.45, 7) is 6.18. The van der Waals surface area contributed by atoms with Gasteiger partial charge >= 0.3 is 0 Å². The van der Waals surface area contributed by atoms with Gasteiger partial charge in [-0.25, -0.2) is 4.98 Å². The van der Waals surface area contributed by atoms with E-state index in [0.717, 1.165) is 18.5 Å². The quantitative estimate of drug-likeness (QED) is 0.875. The number of fused-ring (bicyclic) bond motifs is 1. The van der Waals surface area contributed by atoms with Crippen LogP contribution in [0, 0.1) is 5.92 Å². The molecular weight excluding hydrogens is 276 g/mol. The van der Waals surface area contributed by atoms with Crippen molar-refractivity contribution < 1.29 is 4.74 Å². The average molecular weight is 304 g/mol. The number of piperidine rings is 2. The molecule has 2 aliphatic rings. The highest BCUT2D eigenvalue weighted by molar-refractivity contribution is 5.27. The number of nitrogens with zero attached hydrogens (tertiary/aromatic N) is 3. The monoisotopic (exact) mass is 304 g/mol. The second kappa shape index (κ2) is 7.77. The maximum absolute atomic E-state index is 5.42. The van der Waals surface area contributed by atoms with Crippen LogP contribution >= 0.6 is 0 Å². The Kier molecular flexibility index (Phi) is 5.48. The first-order valence-corrected chi connectivity index (χ1v) is 8.80. The molecule has 22 heavy (non-hydrogen) atoms. The highest BCUT2D eigenvalue weighted by Crippen LogP contribution is 2.32. The highest BCUT2D eigenvalue weighted by atomic mass is 16.5. The molecule has 0 saturated carbocycles. The van der Waals surface area contributed by atoms with Gasteiger partial charge in [-0.1, -0.05) is 6.42 Å². The predicted octanol–water partition coefficient (Wildman–Crippen LogP) is 2.94. The zero-order valence-electron chi connectivity index (χ0n) is 13.6. The lowest BCUT2D eigenvalue weighted by atomic mass is 9.82. The van der Waals surface area contributed by atoms with Crippen molar-refractivity contribution in [3.05, 3.63) is 12.3 Å². The van der Waals surface area contributed by atoms with Crippen LogP contribution in [-0.2, 0) is 0 Å². The molecule has 0 bridgehead atoms. The van der Waals surface area contributed by atoms with E-state index in [9.17, 15) is 0 Å². The third kappa shape index (κ3) is 3.88. The predicted molar refractivity (Wildman–Crippen MR) is 88.2 cm³/mol. The Hall–Kier alpha value is -1.36. The van der Waals surface area contributed by atoms with Crippen LogP contribution in [0.4, 0.5) is 5.95 Å². The topological polar surface area (TPSA) is 50.3 Å². The maximum Gasteiger partial charge on any atom is 0.225 e. The molecule has 3 rings (SSSR count). The van der Waals surface area contributed by atoms with Crippen LogP contribution < -0.4 is 10.1 Å². The number of hydrogen-bond donors (Lipinski definition) is 1. The fourth-order valence-corrected chi connectivity index (χ4v) is 3.94. The van der Waals surface area contributed by atoms with Gasteiger partial charge < -0.3 is 15.0 Å². The van der Waals surface area contributed by atoms with Crippen molar-refractivity contribution in [3.63, 3.8) is 0 Å². The van der Waals surface area contributed by atoms with Gasteiger partial charge in [-0.15, -0.1) is 0 Å². The third-order valence-electron chi connectivity index (χ3n) is 4.95. The summed E-state index contributed by atoms with van der Waals surface area (Å²) >= 11 is 0. The van der Waals surface area contributed by atoms with Gasteiger partial charge in [-0.2, -0.15) is 4.98 Å². The molecule has 1 aromatic rings. The van der Waals surface area contributed by atoms with Gasteiger partial charge in [0.25, 0.3) is 0 Å². The standard InChI is InChI=1S/C17H28N4O/c1-2-22-16-9-11-19-17(20-16)18-10-8-14-6-5-13-21-12-4-3-7-15(14)21/h9,11,14-15H,2-8,10,12-13H2,1H3,(H,18,19,20)/t14-,15+/m0/s1. The molecule has 0 aromatic carbocycles. The summed E-state index contributed by atoms with van der Waals surface area (Å²) in [4.78, 5) is 11.4. The SMILES string of the molecule is CCOc1ccnc(NCC[C@@H]2CCCN3CCCC[C@H]23)n1. The van der Waals surface area contributed by atoms with E-state index in [1.54, 1.807) is 12.3 Å². The van der Waals surface area contributed by atoms with Crippen LogP contribution in [0.1, 0.15) is 45.4 Å². The first-order valence-electron chi connectivity index (χ1n) is 8.80. The van der Waals surface area contributed by atoms with Gasteiger partial charge in [0.15, 0.2) is 0 Å². The Morgan fingerprint density at radius 1 is 1.27 bits per heavy atom. The molecule has 5 heteroatoms. The maximum atomic E-state index is 5.42. The van der Waals surface area contributed by atoms with E-state index in [1.165, 1.54) is 51.6 Å². The lowest BCUT2D eigenvalue weighted by Gasteiger charge is -2.44. The van der Waals surface area contributed by atoms with Gasteiger partial charge in [0, 0.05) is 24.8 Å². The Balaban J connectivity index is 1.48. The molecule has 2 fully saturated rings. The molecule has 2 atom stereocenters. The van der Waals surface area contributed by atoms with Gasteiger partial charge in [0.2, 0.25) is 11.8 Å². The molecule has 0 spiro atoms. The largest absolute Gasteiger partial charge is 0.478 e. The second-order valence-corrected chi connectivity index (χ2v) is 6.37. The summed E-state index contributed by atoms with van der Waals surface area (Å²) in [5.74, 6) is 2.16. The molecule has 2 saturated heterocycles. The Labute approximate surface area is 133 Å². The van der Waals surface area contributed by atoms with Crippen molar-refractivity contribution in [2.24, 2.45) is 5.92 Å². The fraction of sp³-hybridized carbons (Fsp3) is 0.765. The van der Waals surface area contributed by atoms with Crippen molar-refractivity contribution in [3.8, 4) is 5.88 Å². The highest BCUT2D eigenvalue weighted by Gasteiger charge is 2.32. The summed E-state index contributed by atoms with van der Waals surface area (Å²) in [5, 5.41) is 3.37. The minimum Gasteiger partial charge on any atom is -0.478 e. The van der Waals surface area contributed by atoms with E-state index in [4.69, 9.17) is 4.74 Å². The minimum absolute atomic E-state index is 0.635. The van der Waals surface area contributed by atoms with E-state index in [-0.39, 0.29) is 0 Å². The smallest absolute Gasteiger partial charge is 0.225 e.